The van der Waals surface area contributed by atoms with Crippen LogP contribution in [0.1, 0.15) is 18.9 Å². The molecule has 2 N–H and O–H groups in total. The van der Waals surface area contributed by atoms with Gasteiger partial charge in [0, 0.05) is 10.5 Å². The molecule has 3 rings (SSSR count). The van der Waals surface area contributed by atoms with E-state index in [0.29, 0.717) is 12.0 Å². The average Bonchev–Trinajstić information content (AvgIpc) is 3.04. The molecule has 0 amide bonds. The summed E-state index contributed by atoms with van der Waals surface area (Å²) in [6.45, 7) is 0. The summed E-state index contributed by atoms with van der Waals surface area (Å²) in [7, 11) is 0. The Hall–Kier alpha value is -1.29. The maximum Gasteiger partial charge on any atom is 0.200 e. The van der Waals surface area contributed by atoms with Gasteiger partial charge in [-0.2, -0.15) is 0 Å². The van der Waals surface area contributed by atoms with E-state index in [-0.39, 0.29) is 0 Å². The molecular formula is C12H12BrN3. The number of hydrogen-bond donors (Lipinski definition) is 1. The van der Waals surface area contributed by atoms with Gasteiger partial charge in [-0.25, -0.2) is 4.98 Å². The lowest BCUT2D eigenvalue weighted by molar-refractivity contribution is 0.760. The van der Waals surface area contributed by atoms with Crippen molar-refractivity contribution in [2.75, 3.05) is 5.73 Å². The molecule has 1 aliphatic carbocycles. The maximum atomic E-state index is 5.89. The predicted molar refractivity (Wildman–Crippen MR) is 68.0 cm³/mol. The van der Waals surface area contributed by atoms with Crippen molar-refractivity contribution in [1.82, 2.24) is 9.55 Å². The van der Waals surface area contributed by atoms with Crippen LogP contribution in [0.3, 0.4) is 0 Å². The van der Waals surface area contributed by atoms with Crippen LogP contribution < -0.4 is 5.73 Å². The van der Waals surface area contributed by atoms with Crippen molar-refractivity contribution in [2.45, 2.75) is 18.9 Å². The predicted octanol–water partition coefficient (Wildman–Crippen LogP) is 3.23. The number of benzene rings is 1. The second kappa shape index (κ2) is 3.63. The Labute approximate surface area is 102 Å². The summed E-state index contributed by atoms with van der Waals surface area (Å²) in [6.07, 6.45) is 4.28. The lowest BCUT2D eigenvalue weighted by Crippen LogP contribution is -2.02. The quantitative estimate of drug-likeness (QED) is 0.916. The van der Waals surface area contributed by atoms with Crippen molar-refractivity contribution in [3.05, 3.63) is 34.9 Å². The number of halogens is 1. The van der Waals surface area contributed by atoms with E-state index in [4.69, 9.17) is 5.73 Å². The smallest absolute Gasteiger partial charge is 0.200 e. The van der Waals surface area contributed by atoms with Crippen LogP contribution in [-0.4, -0.2) is 9.55 Å². The van der Waals surface area contributed by atoms with E-state index in [1.165, 1.54) is 18.4 Å². The van der Waals surface area contributed by atoms with Crippen molar-refractivity contribution in [2.24, 2.45) is 0 Å². The van der Waals surface area contributed by atoms with Crippen LogP contribution in [0, 0.1) is 0 Å². The zero-order valence-electron chi connectivity index (χ0n) is 8.73. The van der Waals surface area contributed by atoms with E-state index < -0.39 is 0 Å². The van der Waals surface area contributed by atoms with Crippen molar-refractivity contribution in [1.29, 1.82) is 0 Å². The third kappa shape index (κ3) is 1.63. The fraction of sp³-hybridized carbons (Fsp3) is 0.250. The highest BCUT2D eigenvalue weighted by molar-refractivity contribution is 9.10. The number of rotatable bonds is 2. The standard InChI is InChI=1S/C12H12BrN3/c13-9-3-1-8(2-4-9)11-7-15-12(14)16(11)10-5-6-10/h1-4,7,10H,5-6H2,(H2,14,15). The number of aromatic nitrogens is 2. The topological polar surface area (TPSA) is 43.8 Å². The summed E-state index contributed by atoms with van der Waals surface area (Å²) < 4.78 is 3.23. The molecule has 0 radical (unpaired) electrons. The van der Waals surface area contributed by atoms with Crippen molar-refractivity contribution in [3.63, 3.8) is 0 Å². The first-order valence-corrected chi connectivity index (χ1v) is 6.13. The molecule has 1 fully saturated rings. The molecule has 0 unspecified atom stereocenters. The molecule has 3 nitrogen and oxygen atoms in total. The van der Waals surface area contributed by atoms with Crippen LogP contribution in [0.25, 0.3) is 11.3 Å². The zero-order chi connectivity index (χ0) is 11.1. The molecule has 1 aromatic carbocycles. The first-order valence-electron chi connectivity index (χ1n) is 5.34. The van der Waals surface area contributed by atoms with Gasteiger partial charge in [-0.15, -0.1) is 0 Å². The number of anilines is 1. The van der Waals surface area contributed by atoms with E-state index in [0.717, 1.165) is 10.2 Å². The van der Waals surface area contributed by atoms with Crippen LogP contribution in [0.5, 0.6) is 0 Å². The van der Waals surface area contributed by atoms with Crippen LogP contribution in [-0.2, 0) is 0 Å². The van der Waals surface area contributed by atoms with Gasteiger partial charge in [0.25, 0.3) is 0 Å². The van der Waals surface area contributed by atoms with Crippen LogP contribution >= 0.6 is 15.9 Å². The van der Waals surface area contributed by atoms with E-state index in [1.807, 2.05) is 18.3 Å². The summed E-state index contributed by atoms with van der Waals surface area (Å²) in [5.74, 6) is 0.625. The van der Waals surface area contributed by atoms with E-state index in [2.05, 4.69) is 37.6 Å². The van der Waals surface area contributed by atoms with Crippen LogP contribution in [0.4, 0.5) is 5.95 Å². The van der Waals surface area contributed by atoms with Gasteiger partial charge in [0.1, 0.15) is 0 Å². The van der Waals surface area contributed by atoms with Gasteiger partial charge in [-0.1, -0.05) is 28.1 Å². The number of nitrogens with zero attached hydrogens (tertiary/aromatic N) is 2. The number of imidazole rings is 1. The number of hydrogen-bond acceptors (Lipinski definition) is 2. The van der Waals surface area contributed by atoms with E-state index in [9.17, 15) is 0 Å². The highest BCUT2D eigenvalue weighted by Gasteiger charge is 2.27. The Morgan fingerprint density at radius 3 is 2.56 bits per heavy atom. The fourth-order valence-corrected chi connectivity index (χ4v) is 2.19. The van der Waals surface area contributed by atoms with Gasteiger partial charge in [-0.3, -0.25) is 0 Å². The van der Waals surface area contributed by atoms with Crippen LogP contribution in [0.15, 0.2) is 34.9 Å². The summed E-state index contributed by atoms with van der Waals surface area (Å²) >= 11 is 3.44. The third-order valence-corrected chi connectivity index (χ3v) is 3.41. The van der Waals surface area contributed by atoms with Crippen LogP contribution in [0.2, 0.25) is 0 Å². The van der Waals surface area contributed by atoms with Gasteiger partial charge in [0.05, 0.1) is 11.9 Å². The summed E-state index contributed by atoms with van der Waals surface area (Å²) in [5, 5.41) is 0. The Morgan fingerprint density at radius 2 is 1.94 bits per heavy atom. The molecule has 0 spiro atoms. The highest BCUT2D eigenvalue weighted by atomic mass is 79.9. The lowest BCUT2D eigenvalue weighted by atomic mass is 10.2. The van der Waals surface area contributed by atoms with Gasteiger partial charge >= 0.3 is 0 Å². The average molecular weight is 278 g/mol. The summed E-state index contributed by atoms with van der Waals surface area (Å²) in [5.41, 5.74) is 8.18. The molecule has 2 aromatic rings. The summed E-state index contributed by atoms with van der Waals surface area (Å²) in [6, 6.07) is 8.80. The van der Waals surface area contributed by atoms with Gasteiger partial charge in [0.2, 0.25) is 5.95 Å². The molecule has 16 heavy (non-hydrogen) atoms. The second-order valence-corrected chi connectivity index (χ2v) is 5.03. The van der Waals surface area contributed by atoms with E-state index >= 15 is 0 Å². The summed E-state index contributed by atoms with van der Waals surface area (Å²) in [4.78, 5) is 4.21. The monoisotopic (exact) mass is 277 g/mol. The molecule has 0 atom stereocenters. The third-order valence-electron chi connectivity index (χ3n) is 2.88. The normalized spacial score (nSPS) is 15.3. The van der Waals surface area contributed by atoms with Gasteiger partial charge in [0.15, 0.2) is 0 Å². The number of nitrogens with two attached hydrogens (primary N) is 1. The van der Waals surface area contributed by atoms with Crippen molar-refractivity contribution in [3.8, 4) is 11.3 Å². The molecule has 0 saturated heterocycles. The first kappa shape index (κ1) is 9.90. The van der Waals surface area contributed by atoms with Crippen molar-refractivity contribution >= 4 is 21.9 Å². The lowest BCUT2D eigenvalue weighted by Gasteiger charge is -2.08. The molecule has 1 heterocycles. The second-order valence-electron chi connectivity index (χ2n) is 4.11. The molecule has 0 aliphatic heterocycles. The minimum absolute atomic E-state index is 0.557. The largest absolute Gasteiger partial charge is 0.369 e. The molecule has 1 saturated carbocycles. The molecular weight excluding hydrogens is 266 g/mol. The molecule has 1 aromatic heterocycles. The molecule has 1 aliphatic rings. The Kier molecular flexibility index (Phi) is 2.24. The Bertz CT molecular complexity index is 512. The van der Waals surface area contributed by atoms with Gasteiger partial charge in [-0.05, 0) is 30.5 Å². The first-order chi connectivity index (χ1) is 7.75. The fourth-order valence-electron chi connectivity index (χ4n) is 1.93. The Morgan fingerprint density at radius 1 is 1.25 bits per heavy atom. The SMILES string of the molecule is Nc1ncc(-c2ccc(Br)cc2)n1C1CC1. The maximum absolute atomic E-state index is 5.89. The number of nitrogen functional groups attached to an aromatic ring is 1. The highest BCUT2D eigenvalue weighted by Crippen LogP contribution is 2.40. The van der Waals surface area contributed by atoms with Crippen molar-refractivity contribution < 1.29 is 0 Å². The minimum atomic E-state index is 0.557. The van der Waals surface area contributed by atoms with Gasteiger partial charge < -0.3 is 10.3 Å². The Balaban J connectivity index is 2.08. The zero-order valence-corrected chi connectivity index (χ0v) is 10.3. The molecule has 4 heteroatoms. The molecule has 0 bridgehead atoms. The minimum Gasteiger partial charge on any atom is -0.369 e. The molecule has 82 valence electrons. The van der Waals surface area contributed by atoms with E-state index in [1.54, 1.807) is 0 Å².